The van der Waals surface area contributed by atoms with Gasteiger partial charge in [0.05, 0.1) is 11.8 Å². The smallest absolute Gasteiger partial charge is 0.338 e. The van der Waals surface area contributed by atoms with Gasteiger partial charge in [-0.25, -0.2) is 4.79 Å². The van der Waals surface area contributed by atoms with Crippen molar-refractivity contribution in [3.63, 3.8) is 0 Å². The van der Waals surface area contributed by atoms with Gasteiger partial charge in [0.2, 0.25) is 5.91 Å². The molecule has 1 N–H and O–H groups in total. The average Bonchev–Trinajstić information content (AvgIpc) is 2.76. The van der Waals surface area contributed by atoms with E-state index >= 15 is 0 Å². The van der Waals surface area contributed by atoms with E-state index in [1.807, 2.05) is 13.8 Å². The van der Waals surface area contributed by atoms with Crippen LogP contribution in [0.4, 0.5) is 0 Å². The van der Waals surface area contributed by atoms with E-state index in [9.17, 15) is 9.59 Å². The Kier molecular flexibility index (Phi) is 4.68. The summed E-state index contributed by atoms with van der Waals surface area (Å²) in [5.41, 5.74) is 0.139. The molecule has 0 unspecified atom stereocenters. The minimum absolute atomic E-state index is 0.0578. The molecule has 0 aliphatic carbocycles. The van der Waals surface area contributed by atoms with E-state index in [-0.39, 0.29) is 11.5 Å². The van der Waals surface area contributed by atoms with Gasteiger partial charge in [-0.05, 0) is 13.8 Å². The zero-order valence-electron chi connectivity index (χ0n) is 10.1. The van der Waals surface area contributed by atoms with Crippen molar-refractivity contribution in [3.8, 4) is 0 Å². The number of rotatable bonds is 6. The summed E-state index contributed by atoms with van der Waals surface area (Å²) < 4.78 is 1.48. The van der Waals surface area contributed by atoms with Gasteiger partial charge in [0, 0.05) is 32.3 Å². The third-order valence-corrected chi connectivity index (χ3v) is 2.55. The van der Waals surface area contributed by atoms with Crippen molar-refractivity contribution in [2.24, 2.45) is 0 Å². The summed E-state index contributed by atoms with van der Waals surface area (Å²) in [5.74, 6) is -0.950. The molecule has 1 aromatic rings. The van der Waals surface area contributed by atoms with Crippen molar-refractivity contribution in [2.75, 3.05) is 13.1 Å². The first-order chi connectivity index (χ1) is 8.08. The zero-order valence-corrected chi connectivity index (χ0v) is 10.1. The highest BCUT2D eigenvalue weighted by Crippen LogP contribution is 2.00. The van der Waals surface area contributed by atoms with E-state index in [4.69, 9.17) is 5.11 Å². The van der Waals surface area contributed by atoms with Crippen molar-refractivity contribution in [1.82, 2.24) is 14.7 Å². The maximum absolute atomic E-state index is 11.7. The Bertz CT molecular complexity index is 396. The normalized spacial score (nSPS) is 10.2. The molecule has 6 nitrogen and oxygen atoms in total. The molecule has 0 atom stereocenters. The number of carbonyl (C=O) groups excluding carboxylic acids is 1. The fraction of sp³-hybridized carbons (Fsp3) is 0.545. The highest BCUT2D eigenvalue weighted by Gasteiger charge is 2.10. The number of carboxylic acids is 1. The molecular formula is C11H17N3O3. The SMILES string of the molecule is CCN(CC)C(=O)CCn1cc(C(=O)O)cn1. The van der Waals surface area contributed by atoms with Crippen molar-refractivity contribution < 1.29 is 14.7 Å². The fourth-order valence-corrected chi connectivity index (χ4v) is 1.54. The summed E-state index contributed by atoms with van der Waals surface area (Å²) in [6, 6.07) is 0. The summed E-state index contributed by atoms with van der Waals surface area (Å²) in [6.07, 6.45) is 3.05. The molecule has 1 heterocycles. The molecule has 0 saturated heterocycles. The maximum Gasteiger partial charge on any atom is 0.338 e. The number of hydrogen-bond donors (Lipinski definition) is 1. The van der Waals surface area contributed by atoms with E-state index in [2.05, 4.69) is 5.10 Å². The van der Waals surface area contributed by atoms with Crippen LogP contribution >= 0.6 is 0 Å². The third kappa shape index (κ3) is 3.58. The van der Waals surface area contributed by atoms with Crippen LogP contribution in [0.1, 0.15) is 30.6 Å². The van der Waals surface area contributed by atoms with Gasteiger partial charge < -0.3 is 10.0 Å². The molecule has 6 heteroatoms. The molecule has 0 saturated carbocycles. The molecule has 94 valence electrons. The molecule has 1 amide bonds. The molecule has 0 bridgehead atoms. The quantitative estimate of drug-likeness (QED) is 0.798. The Balaban J connectivity index is 2.49. The van der Waals surface area contributed by atoms with Crippen molar-refractivity contribution >= 4 is 11.9 Å². The van der Waals surface area contributed by atoms with E-state index in [0.29, 0.717) is 26.1 Å². The first-order valence-electron chi connectivity index (χ1n) is 5.62. The summed E-state index contributed by atoms with van der Waals surface area (Å²) in [5, 5.41) is 12.6. The van der Waals surface area contributed by atoms with E-state index in [1.54, 1.807) is 4.90 Å². The summed E-state index contributed by atoms with van der Waals surface area (Å²) in [6.45, 7) is 5.64. The van der Waals surface area contributed by atoms with Gasteiger partial charge >= 0.3 is 5.97 Å². The Morgan fingerprint density at radius 1 is 1.41 bits per heavy atom. The Morgan fingerprint density at radius 3 is 2.53 bits per heavy atom. The maximum atomic E-state index is 11.7. The number of amides is 1. The van der Waals surface area contributed by atoms with Crippen LogP contribution in [0.15, 0.2) is 12.4 Å². The molecule has 0 fully saturated rings. The molecule has 0 aromatic carbocycles. The predicted octanol–water partition coefficient (Wildman–Crippen LogP) is 0.840. The van der Waals surface area contributed by atoms with Crippen LogP contribution in [0, 0.1) is 0 Å². The van der Waals surface area contributed by atoms with Gasteiger partial charge in [0.25, 0.3) is 0 Å². The van der Waals surface area contributed by atoms with Crippen molar-refractivity contribution in [3.05, 3.63) is 18.0 Å². The standard InChI is InChI=1S/C11H17N3O3/c1-3-13(4-2)10(15)5-6-14-8-9(7-12-14)11(16)17/h7-8H,3-6H2,1-2H3,(H,16,17). The number of carboxylic acid groups (broad SMARTS) is 1. The average molecular weight is 239 g/mol. The molecule has 1 aromatic heterocycles. The molecule has 17 heavy (non-hydrogen) atoms. The Hall–Kier alpha value is -1.85. The van der Waals surface area contributed by atoms with Crippen LogP contribution in [0.25, 0.3) is 0 Å². The molecule has 0 spiro atoms. The van der Waals surface area contributed by atoms with E-state index in [1.165, 1.54) is 17.1 Å². The highest BCUT2D eigenvalue weighted by atomic mass is 16.4. The fourth-order valence-electron chi connectivity index (χ4n) is 1.54. The number of aromatic nitrogens is 2. The summed E-state index contributed by atoms with van der Waals surface area (Å²) in [7, 11) is 0. The second-order valence-corrected chi connectivity index (χ2v) is 3.61. The topological polar surface area (TPSA) is 75.4 Å². The highest BCUT2D eigenvalue weighted by molar-refractivity contribution is 5.86. The largest absolute Gasteiger partial charge is 0.478 e. The van der Waals surface area contributed by atoms with Gasteiger partial charge in [-0.1, -0.05) is 0 Å². The van der Waals surface area contributed by atoms with E-state index in [0.717, 1.165) is 0 Å². The molecule has 0 aliphatic rings. The molecule has 0 aliphatic heterocycles. The van der Waals surface area contributed by atoms with Crippen LogP contribution in [0.5, 0.6) is 0 Å². The van der Waals surface area contributed by atoms with Crippen LogP contribution in [-0.4, -0.2) is 44.8 Å². The van der Waals surface area contributed by atoms with Gasteiger partial charge in [0.15, 0.2) is 0 Å². The third-order valence-electron chi connectivity index (χ3n) is 2.55. The van der Waals surface area contributed by atoms with E-state index < -0.39 is 5.97 Å². The molecule has 1 rings (SSSR count). The van der Waals surface area contributed by atoms with Crippen molar-refractivity contribution in [2.45, 2.75) is 26.8 Å². The second-order valence-electron chi connectivity index (χ2n) is 3.61. The lowest BCUT2D eigenvalue weighted by molar-refractivity contribution is -0.131. The first-order valence-corrected chi connectivity index (χ1v) is 5.62. The number of aromatic carboxylic acids is 1. The van der Waals surface area contributed by atoms with Gasteiger partial charge in [-0.2, -0.15) is 5.10 Å². The monoisotopic (exact) mass is 239 g/mol. The van der Waals surface area contributed by atoms with Crippen LogP contribution in [0.2, 0.25) is 0 Å². The zero-order chi connectivity index (χ0) is 12.8. The van der Waals surface area contributed by atoms with Gasteiger partial charge in [0.1, 0.15) is 0 Å². The van der Waals surface area contributed by atoms with Gasteiger partial charge in [-0.3, -0.25) is 9.48 Å². The Labute approximate surface area is 99.8 Å². The molecule has 0 radical (unpaired) electrons. The lowest BCUT2D eigenvalue weighted by atomic mass is 10.3. The second kappa shape index (κ2) is 6.03. The number of nitrogens with zero attached hydrogens (tertiary/aromatic N) is 3. The minimum Gasteiger partial charge on any atom is -0.478 e. The van der Waals surface area contributed by atoms with Crippen LogP contribution in [0.3, 0.4) is 0 Å². The predicted molar refractivity (Wildman–Crippen MR) is 61.7 cm³/mol. The number of hydrogen-bond acceptors (Lipinski definition) is 3. The lowest BCUT2D eigenvalue weighted by Crippen LogP contribution is -2.31. The number of carbonyl (C=O) groups is 2. The summed E-state index contributed by atoms with van der Waals surface area (Å²) >= 11 is 0. The van der Waals surface area contributed by atoms with Crippen LogP contribution < -0.4 is 0 Å². The number of aryl methyl sites for hydroxylation is 1. The minimum atomic E-state index is -1.01. The first kappa shape index (κ1) is 13.2. The van der Waals surface area contributed by atoms with Gasteiger partial charge in [-0.15, -0.1) is 0 Å². The van der Waals surface area contributed by atoms with Crippen LogP contribution in [-0.2, 0) is 11.3 Å². The Morgan fingerprint density at radius 2 is 2.06 bits per heavy atom. The van der Waals surface area contributed by atoms with Crippen molar-refractivity contribution in [1.29, 1.82) is 0 Å². The molecular weight excluding hydrogens is 222 g/mol. The summed E-state index contributed by atoms with van der Waals surface area (Å²) in [4.78, 5) is 24.1. The lowest BCUT2D eigenvalue weighted by Gasteiger charge is -2.18.